The van der Waals surface area contributed by atoms with Crippen molar-refractivity contribution in [2.75, 3.05) is 0 Å². The molecule has 0 atom stereocenters. The molecule has 3 rings (SSSR count). The van der Waals surface area contributed by atoms with Gasteiger partial charge in [-0.15, -0.1) is 11.3 Å². The first-order valence-electron chi connectivity index (χ1n) is 5.04. The number of rotatable bonds is 2. The van der Waals surface area contributed by atoms with Gasteiger partial charge in [-0.3, -0.25) is 4.79 Å². The summed E-state index contributed by atoms with van der Waals surface area (Å²) in [5.41, 5.74) is 3.26. The molecule has 2 heterocycles. The van der Waals surface area contributed by atoms with E-state index in [1.54, 1.807) is 0 Å². The molecular formula is C12H8N2O2S. The van der Waals surface area contributed by atoms with Gasteiger partial charge in [0, 0.05) is 17.9 Å². The number of fused-ring (bicyclic) bond motifs is 1. The molecule has 1 aromatic carbocycles. The number of benzene rings is 1. The Hall–Kier alpha value is -2.01. The maximum atomic E-state index is 11.2. The lowest BCUT2D eigenvalue weighted by Gasteiger charge is -1.95. The van der Waals surface area contributed by atoms with Gasteiger partial charge < -0.3 is 4.42 Å². The largest absolute Gasteiger partial charge is 0.443 e. The number of thiazole rings is 1. The van der Waals surface area contributed by atoms with E-state index in [9.17, 15) is 4.79 Å². The van der Waals surface area contributed by atoms with Crippen LogP contribution in [0.2, 0.25) is 0 Å². The summed E-state index contributed by atoms with van der Waals surface area (Å²) in [4.78, 5) is 19.5. The van der Waals surface area contributed by atoms with Gasteiger partial charge in [-0.2, -0.15) is 0 Å². The Morgan fingerprint density at radius 3 is 3.06 bits per heavy atom. The van der Waals surface area contributed by atoms with E-state index in [4.69, 9.17) is 4.42 Å². The van der Waals surface area contributed by atoms with Crippen molar-refractivity contribution in [1.29, 1.82) is 0 Å². The highest BCUT2D eigenvalue weighted by Crippen LogP contribution is 2.25. The minimum absolute atomic E-state index is 0.0120. The molecule has 0 aliphatic rings. The second-order valence-corrected chi connectivity index (χ2v) is 4.49. The monoisotopic (exact) mass is 244 g/mol. The molecule has 0 fully saturated rings. The van der Waals surface area contributed by atoms with Gasteiger partial charge in [0.05, 0.1) is 5.69 Å². The second kappa shape index (κ2) is 3.78. The van der Waals surface area contributed by atoms with Crippen LogP contribution < -0.4 is 0 Å². The molecule has 17 heavy (non-hydrogen) atoms. The SMILES string of the molecule is CC(=O)c1nc(-c2ccc3ncoc3c2)cs1. The van der Waals surface area contributed by atoms with Crippen LogP contribution in [-0.2, 0) is 0 Å². The van der Waals surface area contributed by atoms with Gasteiger partial charge in [-0.25, -0.2) is 9.97 Å². The van der Waals surface area contributed by atoms with Crippen molar-refractivity contribution in [3.63, 3.8) is 0 Å². The third-order valence-corrected chi connectivity index (χ3v) is 3.38. The van der Waals surface area contributed by atoms with Crippen LogP contribution in [0.1, 0.15) is 16.7 Å². The maximum absolute atomic E-state index is 11.2. The summed E-state index contributed by atoms with van der Waals surface area (Å²) >= 11 is 1.35. The molecule has 0 amide bonds. The van der Waals surface area contributed by atoms with Gasteiger partial charge >= 0.3 is 0 Å². The molecule has 0 bridgehead atoms. The first kappa shape index (κ1) is 10.2. The first-order valence-corrected chi connectivity index (χ1v) is 5.92. The fraction of sp³-hybridized carbons (Fsp3) is 0.0833. The second-order valence-electron chi connectivity index (χ2n) is 3.63. The van der Waals surface area contributed by atoms with Gasteiger partial charge in [0.1, 0.15) is 5.52 Å². The summed E-state index contributed by atoms with van der Waals surface area (Å²) in [6.07, 6.45) is 1.41. The number of carbonyl (C=O) groups is 1. The molecule has 0 radical (unpaired) electrons. The Kier molecular flexibility index (Phi) is 2.26. The van der Waals surface area contributed by atoms with Gasteiger partial charge in [0.15, 0.2) is 22.8 Å². The molecule has 0 saturated heterocycles. The number of carbonyl (C=O) groups excluding carboxylic acids is 1. The highest BCUT2D eigenvalue weighted by atomic mass is 32.1. The number of oxazole rings is 1. The maximum Gasteiger partial charge on any atom is 0.188 e. The van der Waals surface area contributed by atoms with Crippen molar-refractivity contribution in [3.05, 3.63) is 35.0 Å². The summed E-state index contributed by atoms with van der Waals surface area (Å²) in [6.45, 7) is 1.52. The zero-order valence-electron chi connectivity index (χ0n) is 9.01. The summed E-state index contributed by atoms with van der Waals surface area (Å²) in [5.74, 6) is -0.0120. The Balaban J connectivity index is 2.09. The van der Waals surface area contributed by atoms with Crippen molar-refractivity contribution in [1.82, 2.24) is 9.97 Å². The predicted octanol–water partition coefficient (Wildman–Crippen LogP) is 3.15. The van der Waals surface area contributed by atoms with Crippen LogP contribution in [0.3, 0.4) is 0 Å². The molecule has 0 spiro atoms. The highest BCUT2D eigenvalue weighted by molar-refractivity contribution is 7.12. The third kappa shape index (κ3) is 1.74. The van der Waals surface area contributed by atoms with E-state index in [1.165, 1.54) is 24.7 Å². The minimum atomic E-state index is -0.0120. The zero-order chi connectivity index (χ0) is 11.8. The molecule has 0 aliphatic carbocycles. The van der Waals surface area contributed by atoms with Crippen LogP contribution in [0.15, 0.2) is 34.4 Å². The molecule has 0 N–H and O–H groups in total. The van der Waals surface area contributed by atoms with E-state index in [2.05, 4.69) is 9.97 Å². The number of hydrogen-bond acceptors (Lipinski definition) is 5. The van der Waals surface area contributed by atoms with E-state index in [0.717, 1.165) is 22.4 Å². The van der Waals surface area contributed by atoms with E-state index in [-0.39, 0.29) is 5.78 Å². The molecule has 4 nitrogen and oxygen atoms in total. The summed E-state index contributed by atoms with van der Waals surface area (Å²) in [5, 5.41) is 2.39. The van der Waals surface area contributed by atoms with Crippen LogP contribution in [0.25, 0.3) is 22.4 Å². The first-order chi connectivity index (χ1) is 8.24. The van der Waals surface area contributed by atoms with E-state index in [0.29, 0.717) is 5.01 Å². The van der Waals surface area contributed by atoms with Gasteiger partial charge in [0.2, 0.25) is 0 Å². The fourth-order valence-corrected chi connectivity index (χ4v) is 2.31. The molecule has 3 aromatic rings. The van der Waals surface area contributed by atoms with Crippen LogP contribution >= 0.6 is 11.3 Å². The molecule has 0 aliphatic heterocycles. The fourth-order valence-electron chi connectivity index (χ4n) is 1.58. The summed E-state index contributed by atoms with van der Waals surface area (Å²) in [6, 6.07) is 5.67. The van der Waals surface area contributed by atoms with Gasteiger partial charge in [-0.05, 0) is 12.1 Å². The van der Waals surface area contributed by atoms with Crippen LogP contribution in [0, 0.1) is 0 Å². The van der Waals surface area contributed by atoms with Gasteiger partial charge in [0.25, 0.3) is 0 Å². The van der Waals surface area contributed by atoms with Crippen LogP contribution in [0.4, 0.5) is 0 Å². The molecule has 5 heteroatoms. The summed E-state index contributed by atoms with van der Waals surface area (Å²) < 4.78 is 5.23. The quantitative estimate of drug-likeness (QED) is 0.650. The van der Waals surface area contributed by atoms with Crippen molar-refractivity contribution in [2.45, 2.75) is 6.92 Å². The normalized spacial score (nSPS) is 10.9. The number of hydrogen-bond donors (Lipinski definition) is 0. The predicted molar refractivity (Wildman–Crippen MR) is 65.1 cm³/mol. The van der Waals surface area contributed by atoms with Crippen molar-refractivity contribution in [3.8, 4) is 11.3 Å². The standard InChI is InChI=1S/C12H8N2O2S/c1-7(15)12-14-10(5-17-12)8-2-3-9-11(4-8)16-6-13-9/h2-6H,1H3. The molecule has 0 unspecified atom stereocenters. The van der Waals surface area contributed by atoms with E-state index >= 15 is 0 Å². The smallest absolute Gasteiger partial charge is 0.188 e. The van der Waals surface area contributed by atoms with Crippen molar-refractivity contribution >= 4 is 28.2 Å². The average molecular weight is 244 g/mol. The lowest BCUT2D eigenvalue weighted by atomic mass is 10.1. The molecule has 84 valence electrons. The number of Topliss-reactive ketones (excluding diaryl/α,β-unsaturated/α-hetero) is 1. The molecule has 0 saturated carbocycles. The van der Waals surface area contributed by atoms with E-state index in [1.807, 2.05) is 23.6 Å². The topological polar surface area (TPSA) is 56.0 Å². The van der Waals surface area contributed by atoms with Crippen molar-refractivity contribution < 1.29 is 9.21 Å². The zero-order valence-corrected chi connectivity index (χ0v) is 9.82. The number of ketones is 1. The highest BCUT2D eigenvalue weighted by Gasteiger charge is 2.09. The lowest BCUT2D eigenvalue weighted by molar-refractivity contribution is 0.101. The Morgan fingerprint density at radius 2 is 2.29 bits per heavy atom. The third-order valence-electron chi connectivity index (χ3n) is 2.43. The Morgan fingerprint density at radius 1 is 1.41 bits per heavy atom. The van der Waals surface area contributed by atoms with Gasteiger partial charge in [-0.1, -0.05) is 6.07 Å². The Bertz CT molecular complexity index is 699. The minimum Gasteiger partial charge on any atom is -0.443 e. The van der Waals surface area contributed by atoms with Crippen LogP contribution in [-0.4, -0.2) is 15.8 Å². The molecule has 2 aromatic heterocycles. The van der Waals surface area contributed by atoms with Crippen molar-refractivity contribution in [2.24, 2.45) is 0 Å². The molecular weight excluding hydrogens is 236 g/mol. The summed E-state index contributed by atoms with van der Waals surface area (Å²) in [7, 11) is 0. The van der Waals surface area contributed by atoms with E-state index < -0.39 is 0 Å². The Labute approximate surface area is 101 Å². The lowest BCUT2D eigenvalue weighted by Crippen LogP contribution is -1.89. The number of nitrogens with zero attached hydrogens (tertiary/aromatic N) is 2. The number of aromatic nitrogens is 2. The average Bonchev–Trinajstić information content (AvgIpc) is 2.97. The van der Waals surface area contributed by atoms with Crippen LogP contribution in [0.5, 0.6) is 0 Å².